The van der Waals surface area contributed by atoms with E-state index >= 15 is 0 Å². The van der Waals surface area contributed by atoms with Gasteiger partial charge in [-0.05, 0) is 23.8 Å². The molecule has 0 atom stereocenters. The van der Waals surface area contributed by atoms with E-state index < -0.39 is 12.0 Å². The second-order valence-electron chi connectivity index (χ2n) is 4.46. The van der Waals surface area contributed by atoms with E-state index in [4.69, 9.17) is 11.6 Å². The molecule has 0 saturated carbocycles. The maximum absolute atomic E-state index is 13.1. The molecule has 0 N–H and O–H groups in total. The zero-order valence-electron chi connectivity index (χ0n) is 10.6. The molecule has 3 nitrogen and oxygen atoms in total. The van der Waals surface area contributed by atoms with Gasteiger partial charge in [-0.3, -0.25) is 0 Å². The third-order valence-corrected chi connectivity index (χ3v) is 3.41. The predicted octanol–water partition coefficient (Wildman–Crippen LogP) is 4.15. The molecule has 0 aliphatic rings. The van der Waals surface area contributed by atoms with Crippen molar-refractivity contribution < 1.29 is 13.2 Å². The van der Waals surface area contributed by atoms with Crippen LogP contribution in [0.15, 0.2) is 42.6 Å². The first-order valence-electron chi connectivity index (χ1n) is 6.08. The summed E-state index contributed by atoms with van der Waals surface area (Å²) in [5.74, 6) is -0.976. The Morgan fingerprint density at radius 3 is 2.57 bits per heavy atom. The molecule has 0 saturated heterocycles. The van der Waals surface area contributed by atoms with E-state index in [2.05, 4.69) is 9.97 Å². The smallest absolute Gasteiger partial charge is 0.301 e. The van der Waals surface area contributed by atoms with E-state index in [-0.39, 0.29) is 17.7 Å². The highest BCUT2D eigenvalue weighted by Crippen LogP contribution is 2.32. The van der Waals surface area contributed by atoms with Crippen molar-refractivity contribution in [3.8, 4) is 0 Å². The van der Waals surface area contributed by atoms with Crippen LogP contribution in [-0.2, 0) is 12.7 Å². The van der Waals surface area contributed by atoms with Gasteiger partial charge < -0.3 is 4.57 Å². The van der Waals surface area contributed by atoms with Crippen molar-refractivity contribution in [3.63, 3.8) is 0 Å². The first-order chi connectivity index (χ1) is 9.97. The summed E-state index contributed by atoms with van der Waals surface area (Å²) in [6, 6.07) is 9.81. The van der Waals surface area contributed by atoms with E-state index in [9.17, 15) is 13.2 Å². The second-order valence-corrected chi connectivity index (χ2v) is 4.86. The van der Waals surface area contributed by atoms with Crippen molar-refractivity contribution in [3.05, 3.63) is 59.0 Å². The Kier molecular flexibility index (Phi) is 3.33. The van der Waals surface area contributed by atoms with Gasteiger partial charge in [-0.15, -0.1) is 0 Å². The fourth-order valence-electron chi connectivity index (χ4n) is 2.12. The molecule has 3 rings (SSSR count). The van der Waals surface area contributed by atoms with E-state index in [0.29, 0.717) is 10.6 Å². The molecule has 0 unspecified atom stereocenters. The van der Waals surface area contributed by atoms with Crippen LogP contribution in [-0.4, -0.2) is 14.5 Å². The topological polar surface area (TPSA) is 30.7 Å². The van der Waals surface area contributed by atoms with Gasteiger partial charge in [-0.25, -0.2) is 9.97 Å². The molecule has 0 bridgehead atoms. The highest BCUT2D eigenvalue weighted by molar-refractivity contribution is 6.31. The summed E-state index contributed by atoms with van der Waals surface area (Å²) < 4.78 is 40.5. The van der Waals surface area contributed by atoms with Crippen molar-refractivity contribution in [2.75, 3.05) is 0 Å². The molecule has 7 heteroatoms. The van der Waals surface area contributed by atoms with E-state index in [1.54, 1.807) is 30.3 Å². The molecular weight excluding hydrogens is 303 g/mol. The second kappa shape index (κ2) is 5.04. The minimum atomic E-state index is -4.55. The number of fused-ring (bicyclic) bond motifs is 1. The van der Waals surface area contributed by atoms with Crippen LogP contribution in [0.5, 0.6) is 0 Å². The van der Waals surface area contributed by atoms with E-state index in [0.717, 1.165) is 4.57 Å². The summed E-state index contributed by atoms with van der Waals surface area (Å²) in [4.78, 5) is 7.64. The Morgan fingerprint density at radius 1 is 1.10 bits per heavy atom. The van der Waals surface area contributed by atoms with Gasteiger partial charge in [-0.1, -0.05) is 29.8 Å². The first-order valence-corrected chi connectivity index (χ1v) is 6.46. The minimum absolute atomic E-state index is 0.0397. The van der Waals surface area contributed by atoms with Crippen LogP contribution in [0, 0.1) is 0 Å². The lowest BCUT2D eigenvalue weighted by molar-refractivity contribution is -0.146. The maximum Gasteiger partial charge on any atom is 0.449 e. The zero-order chi connectivity index (χ0) is 15.0. The summed E-state index contributed by atoms with van der Waals surface area (Å²) in [5.41, 5.74) is 0.969. The maximum atomic E-state index is 13.1. The van der Waals surface area contributed by atoms with Gasteiger partial charge in [0.15, 0.2) is 5.65 Å². The number of benzene rings is 1. The lowest BCUT2D eigenvalue weighted by Crippen LogP contribution is -2.16. The lowest BCUT2D eigenvalue weighted by atomic mass is 10.2. The number of nitrogens with zero attached hydrogens (tertiary/aromatic N) is 3. The summed E-state index contributed by atoms with van der Waals surface area (Å²) in [5, 5.41) is 0.406. The molecule has 1 aromatic carbocycles. The van der Waals surface area contributed by atoms with Gasteiger partial charge in [0, 0.05) is 11.2 Å². The summed E-state index contributed by atoms with van der Waals surface area (Å²) >= 11 is 6.02. The third-order valence-electron chi connectivity index (χ3n) is 3.04. The highest BCUT2D eigenvalue weighted by Gasteiger charge is 2.38. The number of halogens is 4. The normalized spacial score (nSPS) is 12.0. The van der Waals surface area contributed by atoms with Gasteiger partial charge in [-0.2, -0.15) is 13.2 Å². The number of rotatable bonds is 2. The Labute approximate surface area is 123 Å². The molecule has 21 heavy (non-hydrogen) atoms. The SMILES string of the molecule is FC(F)(F)c1nc2cccnc2n1Cc1ccccc1Cl. The Bertz CT molecular complexity index is 796. The molecule has 108 valence electrons. The van der Waals surface area contributed by atoms with Crippen LogP contribution in [0.2, 0.25) is 5.02 Å². The zero-order valence-corrected chi connectivity index (χ0v) is 11.4. The van der Waals surface area contributed by atoms with Gasteiger partial charge in [0.1, 0.15) is 5.52 Å². The molecule has 3 aromatic rings. The summed E-state index contributed by atoms with van der Waals surface area (Å²) in [6.45, 7) is -0.0397. The van der Waals surface area contributed by atoms with E-state index in [1.807, 2.05) is 0 Å². The van der Waals surface area contributed by atoms with Crippen LogP contribution >= 0.6 is 11.6 Å². The van der Waals surface area contributed by atoms with Crippen molar-refractivity contribution in [1.29, 1.82) is 0 Å². The molecular formula is C14H9ClF3N3. The van der Waals surface area contributed by atoms with Crippen molar-refractivity contribution in [2.24, 2.45) is 0 Å². The van der Waals surface area contributed by atoms with Crippen LogP contribution in [0.25, 0.3) is 11.2 Å². The number of pyridine rings is 1. The monoisotopic (exact) mass is 311 g/mol. The average molecular weight is 312 g/mol. The van der Waals surface area contributed by atoms with Crippen LogP contribution in [0.3, 0.4) is 0 Å². The Hall–Kier alpha value is -2.08. The molecule has 0 amide bonds. The molecule has 2 heterocycles. The molecule has 0 aliphatic carbocycles. The van der Waals surface area contributed by atoms with Gasteiger partial charge in [0.2, 0.25) is 5.82 Å². The average Bonchev–Trinajstić information content (AvgIpc) is 2.80. The minimum Gasteiger partial charge on any atom is -0.301 e. The Balaban J connectivity index is 2.18. The number of imidazole rings is 1. The Morgan fingerprint density at radius 2 is 1.86 bits per heavy atom. The lowest BCUT2D eigenvalue weighted by Gasteiger charge is -2.11. The van der Waals surface area contributed by atoms with Crippen molar-refractivity contribution in [1.82, 2.24) is 14.5 Å². The fourth-order valence-corrected chi connectivity index (χ4v) is 2.32. The molecule has 2 aromatic heterocycles. The number of aromatic nitrogens is 3. The van der Waals surface area contributed by atoms with Crippen LogP contribution < -0.4 is 0 Å². The standard InChI is InChI=1S/C14H9ClF3N3/c15-10-5-2-1-4-9(10)8-21-12-11(6-3-7-19-12)20-13(21)14(16,17)18/h1-7H,8H2. The van der Waals surface area contributed by atoms with Crippen LogP contribution in [0.4, 0.5) is 13.2 Å². The van der Waals surface area contributed by atoms with Crippen molar-refractivity contribution in [2.45, 2.75) is 12.7 Å². The number of alkyl halides is 3. The third kappa shape index (κ3) is 2.58. The largest absolute Gasteiger partial charge is 0.449 e. The molecule has 0 fully saturated rings. The van der Waals surface area contributed by atoms with Gasteiger partial charge >= 0.3 is 6.18 Å². The van der Waals surface area contributed by atoms with Crippen molar-refractivity contribution >= 4 is 22.8 Å². The first kappa shape index (κ1) is 13.9. The van der Waals surface area contributed by atoms with E-state index in [1.165, 1.54) is 12.3 Å². The fraction of sp³-hybridized carbons (Fsp3) is 0.143. The predicted molar refractivity (Wildman–Crippen MR) is 73.1 cm³/mol. The highest BCUT2D eigenvalue weighted by atomic mass is 35.5. The number of hydrogen-bond acceptors (Lipinski definition) is 2. The summed E-state index contributed by atoms with van der Waals surface area (Å²) in [7, 11) is 0. The molecule has 0 spiro atoms. The molecule has 0 radical (unpaired) electrons. The van der Waals surface area contributed by atoms with Gasteiger partial charge in [0.25, 0.3) is 0 Å². The quantitative estimate of drug-likeness (QED) is 0.711. The van der Waals surface area contributed by atoms with Gasteiger partial charge in [0.05, 0.1) is 6.54 Å². The number of hydrogen-bond donors (Lipinski definition) is 0. The summed E-state index contributed by atoms with van der Waals surface area (Å²) in [6.07, 6.45) is -3.12. The van der Waals surface area contributed by atoms with Crippen LogP contribution in [0.1, 0.15) is 11.4 Å². The molecule has 0 aliphatic heterocycles.